The predicted molar refractivity (Wildman–Crippen MR) is 52.4 cm³/mol. The van der Waals surface area contributed by atoms with Crippen LogP contribution in [0.5, 0.6) is 0 Å². The summed E-state index contributed by atoms with van der Waals surface area (Å²) in [5.41, 5.74) is 0. The molecule has 3 nitrogen and oxygen atoms in total. The summed E-state index contributed by atoms with van der Waals surface area (Å²) >= 11 is 0. The topological polar surface area (TPSA) is 46.5 Å². The molecule has 0 aromatic rings. The number of rotatable bonds is 3. The van der Waals surface area contributed by atoms with Crippen molar-refractivity contribution < 1.29 is 14.4 Å². The van der Waals surface area contributed by atoms with Crippen LogP contribution in [0, 0.1) is 0 Å². The lowest BCUT2D eigenvalue weighted by Crippen LogP contribution is -2.15. The van der Waals surface area contributed by atoms with Gasteiger partial charge in [0, 0.05) is 0 Å². The van der Waals surface area contributed by atoms with Crippen molar-refractivity contribution in [2.75, 3.05) is 0 Å². The van der Waals surface area contributed by atoms with Crippen LogP contribution >= 0.6 is 33.3 Å². The van der Waals surface area contributed by atoms with Gasteiger partial charge in [-0.25, -0.2) is 4.79 Å². The molecule has 1 N–H and O–H groups in total. The minimum Gasteiger partial charge on any atom is -0.434 e. The molecule has 60 valence electrons. The Kier molecular flexibility index (Phi) is 6.42. The monoisotopic (exact) mass is 218 g/mol. The maximum atomic E-state index is 10.6. The minimum absolute atomic E-state index is 0.507. The first-order valence-corrected chi connectivity index (χ1v) is 9.01. The van der Waals surface area contributed by atoms with E-state index in [2.05, 4.69) is 17.9 Å². The maximum absolute atomic E-state index is 10.6. The Bertz CT molecular complexity index is 116. The highest BCUT2D eigenvalue weighted by Gasteiger charge is 2.13. The number of carbonyl (C=O) groups is 1. The predicted octanol–water partition coefficient (Wildman–Crippen LogP) is 1.48. The van der Waals surface area contributed by atoms with E-state index in [1.54, 1.807) is 0 Å². The number of hydrogen-bond acceptors (Lipinski definition) is 3. The van der Waals surface area contributed by atoms with E-state index in [1.807, 2.05) is 0 Å². The molecule has 7 heteroatoms. The average molecular weight is 218 g/mol. The van der Waals surface area contributed by atoms with E-state index in [0.29, 0.717) is 7.96 Å². The third-order valence-electron chi connectivity index (χ3n) is 0.657. The molecule has 0 aliphatic rings. The Morgan fingerprint density at radius 3 is 2.70 bits per heavy atom. The Labute approximate surface area is 67.4 Å². The van der Waals surface area contributed by atoms with Gasteiger partial charge in [-0.3, -0.25) is 0 Å². The van der Waals surface area contributed by atoms with Crippen molar-refractivity contribution in [1.82, 2.24) is 0 Å². The fourth-order valence-corrected chi connectivity index (χ4v) is 1.81. The molecule has 0 aliphatic carbocycles. The lowest BCUT2D eigenvalue weighted by molar-refractivity contribution is -0.141. The van der Waals surface area contributed by atoms with Gasteiger partial charge in [-0.2, -0.15) is 0 Å². The second-order valence-electron chi connectivity index (χ2n) is 1.54. The lowest BCUT2D eigenvalue weighted by Gasteiger charge is -2.10. The van der Waals surface area contributed by atoms with Crippen molar-refractivity contribution in [3.05, 3.63) is 0 Å². The maximum Gasteiger partial charge on any atom is 0.337 e. The molecule has 10 heavy (non-hydrogen) atoms. The van der Waals surface area contributed by atoms with E-state index in [1.165, 1.54) is 6.92 Å². The summed E-state index contributed by atoms with van der Waals surface area (Å²) in [6, 6.07) is 0. The fraction of sp³-hybridized carbons (Fsp3) is 0.667. The van der Waals surface area contributed by atoms with Gasteiger partial charge >= 0.3 is 5.97 Å². The Hall–Kier alpha value is 1.15. The molecule has 0 aliphatic heterocycles. The van der Waals surface area contributed by atoms with Crippen LogP contribution in [-0.2, 0) is 9.32 Å². The van der Waals surface area contributed by atoms with Crippen LogP contribution in [0.2, 0.25) is 0 Å². The summed E-state index contributed by atoms with van der Waals surface area (Å²) in [5.74, 6) is -0.545. The largest absolute Gasteiger partial charge is 0.434 e. The van der Waals surface area contributed by atoms with Crippen LogP contribution in [0.1, 0.15) is 6.92 Å². The standard InChI is InChI=1S/C3H10O3P4/c1-2(4)3(5)6-10(8)9-7/h2,4,9H,7-8H2,1H3. The molecule has 0 fully saturated rings. The summed E-state index contributed by atoms with van der Waals surface area (Å²) in [7, 11) is 4.67. The van der Waals surface area contributed by atoms with Gasteiger partial charge in [0.05, 0.1) is 0 Å². The van der Waals surface area contributed by atoms with Crippen molar-refractivity contribution >= 4 is 39.3 Å². The Morgan fingerprint density at radius 2 is 2.40 bits per heavy atom. The first-order valence-electron chi connectivity index (χ1n) is 2.49. The molecule has 0 saturated heterocycles. The molecule has 0 radical (unpaired) electrons. The highest BCUT2D eigenvalue weighted by molar-refractivity contribution is 8.59. The second kappa shape index (κ2) is 5.76. The number of carbonyl (C=O) groups excluding carboxylic acids is 1. The molecule has 0 aromatic carbocycles. The first kappa shape index (κ1) is 11.2. The van der Waals surface area contributed by atoms with Gasteiger partial charge in [-0.1, -0.05) is 8.93 Å². The van der Waals surface area contributed by atoms with Crippen LogP contribution in [0.15, 0.2) is 0 Å². The van der Waals surface area contributed by atoms with Crippen molar-refractivity contribution in [2.45, 2.75) is 13.0 Å². The molecular formula is C3H10O3P4. The highest BCUT2D eigenvalue weighted by Crippen LogP contribution is 2.66. The zero-order chi connectivity index (χ0) is 8.15. The van der Waals surface area contributed by atoms with Crippen LogP contribution in [0.4, 0.5) is 0 Å². The van der Waals surface area contributed by atoms with E-state index in [4.69, 9.17) is 9.63 Å². The zero-order valence-electron chi connectivity index (χ0n) is 5.44. The van der Waals surface area contributed by atoms with Crippen LogP contribution in [-0.4, -0.2) is 17.2 Å². The molecule has 0 saturated carbocycles. The Morgan fingerprint density at radius 1 is 1.90 bits per heavy atom. The molecule has 0 bridgehead atoms. The summed E-state index contributed by atoms with van der Waals surface area (Å²) in [5, 5.41) is 8.69. The Balaban J connectivity index is 3.57. The highest BCUT2D eigenvalue weighted by atomic mass is 32.6. The van der Waals surface area contributed by atoms with Gasteiger partial charge in [-0.15, -0.1) is 8.93 Å². The number of aliphatic hydroxyl groups excluding tert-OH is 1. The van der Waals surface area contributed by atoms with Gasteiger partial charge < -0.3 is 9.63 Å². The molecule has 5 atom stereocenters. The molecule has 0 aromatic heterocycles. The summed E-state index contributed by atoms with van der Waals surface area (Å²) < 4.78 is 4.79. The van der Waals surface area contributed by atoms with E-state index >= 15 is 0 Å². The summed E-state index contributed by atoms with van der Waals surface area (Å²) in [4.78, 5) is 10.6. The number of hydrogen-bond donors (Lipinski definition) is 1. The SMILES string of the molecule is CC(O)C(=O)OP(P)PP. The summed E-state index contributed by atoms with van der Waals surface area (Å²) in [6.45, 7) is 1.39. The zero-order valence-corrected chi connectivity index (χ0v) is 9.65. The van der Waals surface area contributed by atoms with Gasteiger partial charge in [-0.05, 0) is 14.9 Å². The molecular weight excluding hydrogens is 208 g/mol. The van der Waals surface area contributed by atoms with E-state index in [9.17, 15) is 4.79 Å². The second-order valence-corrected chi connectivity index (χ2v) is 10.0. The summed E-state index contributed by atoms with van der Waals surface area (Å²) in [6.07, 6.45) is -1.01. The van der Waals surface area contributed by atoms with Crippen LogP contribution in [0.3, 0.4) is 0 Å². The lowest BCUT2D eigenvalue weighted by atomic mass is 10.4. The van der Waals surface area contributed by atoms with Crippen LogP contribution < -0.4 is 0 Å². The number of aliphatic hydroxyl groups is 1. The van der Waals surface area contributed by atoms with Crippen molar-refractivity contribution in [1.29, 1.82) is 0 Å². The quantitative estimate of drug-likeness (QED) is 0.729. The van der Waals surface area contributed by atoms with Gasteiger partial charge in [0.1, 0.15) is 13.6 Å². The third kappa shape index (κ3) is 4.89. The normalized spacial score (nSPS) is 17.2. The average Bonchev–Trinajstić information content (AvgIpc) is 1.87. The van der Waals surface area contributed by atoms with Crippen molar-refractivity contribution in [3.8, 4) is 0 Å². The van der Waals surface area contributed by atoms with Crippen molar-refractivity contribution in [2.24, 2.45) is 0 Å². The molecule has 0 spiro atoms. The molecule has 5 unspecified atom stereocenters. The first-order chi connectivity index (χ1) is 4.57. The van der Waals surface area contributed by atoms with Gasteiger partial charge in [0.15, 0.2) is 0 Å². The van der Waals surface area contributed by atoms with E-state index in [0.717, 1.165) is 0 Å². The van der Waals surface area contributed by atoms with Gasteiger partial charge in [0.2, 0.25) is 0 Å². The smallest absolute Gasteiger partial charge is 0.337 e. The van der Waals surface area contributed by atoms with Crippen molar-refractivity contribution in [3.63, 3.8) is 0 Å². The fourth-order valence-electron chi connectivity index (χ4n) is 0.200. The van der Waals surface area contributed by atoms with Crippen LogP contribution in [0.25, 0.3) is 0 Å². The van der Waals surface area contributed by atoms with Gasteiger partial charge in [0.25, 0.3) is 0 Å². The molecule has 0 rings (SSSR count). The minimum atomic E-state index is -1.01. The third-order valence-corrected chi connectivity index (χ3v) is 8.96. The molecule has 0 heterocycles. The van der Waals surface area contributed by atoms with E-state index in [-0.39, 0.29) is 0 Å². The molecule has 0 amide bonds. The van der Waals surface area contributed by atoms with E-state index < -0.39 is 19.6 Å².